The smallest absolute Gasteiger partial charge is 0.354 e. The van der Waals surface area contributed by atoms with Gasteiger partial charge in [0.25, 0.3) is 5.24 Å². The van der Waals surface area contributed by atoms with Crippen molar-refractivity contribution in [3.63, 3.8) is 0 Å². The van der Waals surface area contributed by atoms with Crippen molar-refractivity contribution in [2.45, 2.75) is 0 Å². The molecule has 0 fully saturated rings. The average molecular weight is 301 g/mol. The molecule has 0 saturated carbocycles. The highest BCUT2D eigenvalue weighted by atomic mass is 35.5. The lowest BCUT2D eigenvalue weighted by Crippen LogP contribution is -2.08. The third kappa shape index (κ3) is 4.43. The second-order valence-corrected chi connectivity index (χ2v) is 4.13. The van der Waals surface area contributed by atoms with Gasteiger partial charge in [-0.2, -0.15) is 0 Å². The Bertz CT molecular complexity index is 537. The number of benzene rings is 1. The number of carbonyl (C=O) groups is 2. The second-order valence-electron chi connectivity index (χ2n) is 3.33. The Labute approximate surface area is 120 Å². The van der Waals surface area contributed by atoms with E-state index in [1.165, 1.54) is 24.3 Å². The fourth-order valence-corrected chi connectivity index (χ4v) is 1.35. The standard InChI is InChI=1S/C13H10Cl2O4/c1-3-6-18-11-7-9(19-13(17)8(2)14)4-5-10(11)12(15)16/h3-5,7H,1-2,6H2. The van der Waals surface area contributed by atoms with Gasteiger partial charge in [0.05, 0.1) is 5.56 Å². The molecule has 0 amide bonds. The molecular formula is C13H10Cl2O4. The normalized spacial score (nSPS) is 9.58. The van der Waals surface area contributed by atoms with E-state index in [4.69, 9.17) is 32.7 Å². The van der Waals surface area contributed by atoms with Crippen molar-refractivity contribution in [1.29, 1.82) is 0 Å². The number of hydrogen-bond donors (Lipinski definition) is 0. The molecule has 0 aliphatic rings. The summed E-state index contributed by atoms with van der Waals surface area (Å²) in [5, 5.41) is -0.940. The summed E-state index contributed by atoms with van der Waals surface area (Å²) in [6.07, 6.45) is 1.50. The maximum Gasteiger partial charge on any atom is 0.354 e. The number of ether oxygens (including phenoxy) is 2. The SMILES string of the molecule is C=CCOc1cc(OC(=O)C(=C)Cl)ccc1C(=O)Cl. The molecule has 0 spiro atoms. The quantitative estimate of drug-likeness (QED) is 0.266. The number of halogens is 2. The molecule has 0 atom stereocenters. The Kier molecular flexibility index (Phi) is 5.60. The van der Waals surface area contributed by atoms with Gasteiger partial charge in [-0.15, -0.1) is 0 Å². The van der Waals surface area contributed by atoms with Crippen LogP contribution in [0.15, 0.2) is 42.5 Å². The molecule has 6 heteroatoms. The number of esters is 1. The van der Waals surface area contributed by atoms with E-state index in [0.717, 1.165) is 0 Å². The largest absolute Gasteiger partial charge is 0.489 e. The van der Waals surface area contributed by atoms with Crippen molar-refractivity contribution in [3.05, 3.63) is 48.0 Å². The summed E-state index contributed by atoms with van der Waals surface area (Å²) in [5.74, 6) is -0.445. The van der Waals surface area contributed by atoms with Crippen LogP contribution in [0.25, 0.3) is 0 Å². The van der Waals surface area contributed by atoms with Gasteiger partial charge in [-0.1, -0.05) is 30.8 Å². The van der Waals surface area contributed by atoms with Crippen molar-refractivity contribution < 1.29 is 19.1 Å². The molecule has 100 valence electrons. The second kappa shape index (κ2) is 6.97. The van der Waals surface area contributed by atoms with Crippen LogP contribution < -0.4 is 9.47 Å². The van der Waals surface area contributed by atoms with Crippen LogP contribution in [0.1, 0.15) is 10.4 Å². The van der Waals surface area contributed by atoms with Crippen LogP contribution in [0.4, 0.5) is 0 Å². The van der Waals surface area contributed by atoms with E-state index in [2.05, 4.69) is 13.2 Å². The molecule has 0 N–H and O–H groups in total. The zero-order chi connectivity index (χ0) is 14.4. The van der Waals surface area contributed by atoms with Crippen LogP contribution >= 0.6 is 23.2 Å². The molecule has 0 aliphatic carbocycles. The minimum atomic E-state index is -0.790. The van der Waals surface area contributed by atoms with Crippen molar-refractivity contribution >= 4 is 34.4 Å². The van der Waals surface area contributed by atoms with Gasteiger partial charge < -0.3 is 9.47 Å². The van der Waals surface area contributed by atoms with E-state index >= 15 is 0 Å². The molecule has 0 radical (unpaired) electrons. The monoisotopic (exact) mass is 300 g/mol. The van der Waals surface area contributed by atoms with E-state index in [1.807, 2.05) is 0 Å². The summed E-state index contributed by atoms with van der Waals surface area (Å²) < 4.78 is 10.2. The summed E-state index contributed by atoms with van der Waals surface area (Å²) in [6.45, 7) is 6.90. The molecule has 0 aromatic heterocycles. The topological polar surface area (TPSA) is 52.6 Å². The first-order chi connectivity index (χ1) is 8.95. The Hall–Kier alpha value is -1.78. The van der Waals surface area contributed by atoms with E-state index in [1.54, 1.807) is 0 Å². The maximum atomic E-state index is 11.3. The fourth-order valence-electron chi connectivity index (χ4n) is 1.16. The minimum Gasteiger partial charge on any atom is -0.489 e. The minimum absolute atomic E-state index is 0.160. The summed E-state index contributed by atoms with van der Waals surface area (Å²) >= 11 is 10.8. The molecular weight excluding hydrogens is 291 g/mol. The Balaban J connectivity index is 3.03. The van der Waals surface area contributed by atoms with Crippen LogP contribution in [0, 0.1) is 0 Å². The number of carbonyl (C=O) groups excluding carboxylic acids is 2. The Morgan fingerprint density at radius 1 is 1.32 bits per heavy atom. The van der Waals surface area contributed by atoms with E-state index < -0.39 is 11.2 Å². The molecule has 0 aliphatic heterocycles. The van der Waals surface area contributed by atoms with Crippen LogP contribution in [-0.2, 0) is 4.79 Å². The lowest BCUT2D eigenvalue weighted by Gasteiger charge is -2.09. The zero-order valence-electron chi connectivity index (χ0n) is 9.82. The van der Waals surface area contributed by atoms with Gasteiger partial charge in [-0.3, -0.25) is 4.79 Å². The molecule has 1 rings (SSSR count). The van der Waals surface area contributed by atoms with Crippen LogP contribution in [0.2, 0.25) is 0 Å². The van der Waals surface area contributed by atoms with Crippen molar-refractivity contribution in [3.8, 4) is 11.5 Å². The number of rotatable bonds is 6. The van der Waals surface area contributed by atoms with Crippen LogP contribution in [0.5, 0.6) is 11.5 Å². The third-order valence-corrected chi connectivity index (χ3v) is 2.31. The predicted molar refractivity (Wildman–Crippen MR) is 72.9 cm³/mol. The molecule has 1 aromatic rings. The first-order valence-electron chi connectivity index (χ1n) is 5.10. The summed E-state index contributed by atoms with van der Waals surface area (Å²) in [5.41, 5.74) is 0.160. The maximum absolute atomic E-state index is 11.3. The van der Waals surface area contributed by atoms with Gasteiger partial charge in [0.1, 0.15) is 23.1 Å². The first kappa shape index (κ1) is 15.3. The van der Waals surface area contributed by atoms with Crippen LogP contribution in [-0.4, -0.2) is 17.8 Å². The molecule has 19 heavy (non-hydrogen) atoms. The van der Waals surface area contributed by atoms with Gasteiger partial charge in [0.2, 0.25) is 0 Å². The highest BCUT2D eigenvalue weighted by Crippen LogP contribution is 2.27. The zero-order valence-corrected chi connectivity index (χ0v) is 11.3. The lowest BCUT2D eigenvalue weighted by atomic mass is 10.2. The van der Waals surface area contributed by atoms with Gasteiger partial charge in [-0.05, 0) is 23.7 Å². The average Bonchev–Trinajstić information content (AvgIpc) is 2.35. The van der Waals surface area contributed by atoms with Gasteiger partial charge in [-0.25, -0.2) is 4.79 Å². The fraction of sp³-hybridized carbons (Fsp3) is 0.0769. The number of hydrogen-bond acceptors (Lipinski definition) is 4. The molecule has 0 bridgehead atoms. The van der Waals surface area contributed by atoms with Crippen molar-refractivity contribution in [2.75, 3.05) is 6.61 Å². The predicted octanol–water partition coefficient (Wildman–Crippen LogP) is 3.29. The lowest BCUT2D eigenvalue weighted by molar-refractivity contribution is -0.129. The van der Waals surface area contributed by atoms with Gasteiger partial charge >= 0.3 is 5.97 Å². The van der Waals surface area contributed by atoms with Gasteiger partial charge in [0, 0.05) is 6.07 Å². The highest BCUT2D eigenvalue weighted by molar-refractivity contribution is 6.68. The van der Waals surface area contributed by atoms with Crippen molar-refractivity contribution in [1.82, 2.24) is 0 Å². The first-order valence-corrected chi connectivity index (χ1v) is 5.85. The Morgan fingerprint density at radius 3 is 2.53 bits per heavy atom. The molecule has 4 nitrogen and oxygen atoms in total. The molecule has 0 unspecified atom stereocenters. The van der Waals surface area contributed by atoms with E-state index in [0.29, 0.717) is 0 Å². The highest BCUT2D eigenvalue weighted by Gasteiger charge is 2.14. The van der Waals surface area contributed by atoms with Crippen molar-refractivity contribution in [2.24, 2.45) is 0 Å². The van der Waals surface area contributed by atoms with E-state index in [-0.39, 0.29) is 28.7 Å². The molecule has 0 heterocycles. The summed E-state index contributed by atoms with van der Waals surface area (Å²) in [6, 6.07) is 4.14. The summed E-state index contributed by atoms with van der Waals surface area (Å²) in [7, 11) is 0. The Morgan fingerprint density at radius 2 is 2.00 bits per heavy atom. The van der Waals surface area contributed by atoms with Gasteiger partial charge in [0.15, 0.2) is 0 Å². The van der Waals surface area contributed by atoms with E-state index in [9.17, 15) is 9.59 Å². The van der Waals surface area contributed by atoms with Crippen LogP contribution in [0.3, 0.4) is 0 Å². The molecule has 0 saturated heterocycles. The third-order valence-electron chi connectivity index (χ3n) is 1.95. The molecule has 1 aromatic carbocycles. The summed E-state index contributed by atoms with van der Waals surface area (Å²) in [4.78, 5) is 22.4.